The summed E-state index contributed by atoms with van der Waals surface area (Å²) in [4.78, 5) is 23.0. The van der Waals surface area contributed by atoms with Crippen molar-refractivity contribution in [3.05, 3.63) is 34.2 Å². The summed E-state index contributed by atoms with van der Waals surface area (Å²) in [6.07, 6.45) is 2.96. The Morgan fingerprint density at radius 1 is 1.67 bits per heavy atom. The van der Waals surface area contributed by atoms with E-state index in [1.165, 1.54) is 10.9 Å². The Morgan fingerprint density at radius 2 is 2.39 bits per heavy atom. The molecule has 0 aliphatic rings. The number of carbonyl (C=O) groups is 1. The normalized spacial score (nSPS) is 9.89. The number of nitrogens with zero attached hydrogens (tertiary/aromatic N) is 2. The monoisotopic (exact) mass is 270 g/mol. The molecule has 1 heterocycles. The highest BCUT2D eigenvalue weighted by molar-refractivity contribution is 6.33. The minimum Gasteiger partial charge on any atom is -0.373 e. The first-order valence-electron chi connectivity index (χ1n) is 5.47. The molecule has 0 fully saturated rings. The second-order valence-electron chi connectivity index (χ2n) is 3.46. The fourth-order valence-electron chi connectivity index (χ4n) is 1.28. The van der Waals surface area contributed by atoms with Gasteiger partial charge in [-0.2, -0.15) is 5.10 Å². The van der Waals surface area contributed by atoms with Crippen molar-refractivity contribution in [3.63, 3.8) is 0 Å². The van der Waals surface area contributed by atoms with Gasteiger partial charge in [-0.3, -0.25) is 9.59 Å². The highest BCUT2D eigenvalue weighted by Gasteiger charge is 2.09. The number of likely N-dealkylation sites (N-methyl/N-ethyl adjacent to an activating group) is 1. The molecule has 7 heteroatoms. The van der Waals surface area contributed by atoms with Gasteiger partial charge in [0.05, 0.1) is 25.0 Å². The minimum atomic E-state index is -0.419. The molecular formula is C11H15ClN4O2. The van der Waals surface area contributed by atoms with Crippen molar-refractivity contribution in [3.8, 4) is 0 Å². The van der Waals surface area contributed by atoms with Crippen LogP contribution in [0.25, 0.3) is 0 Å². The third-order valence-electron chi connectivity index (χ3n) is 2.10. The molecule has 2 N–H and O–H groups in total. The maximum atomic E-state index is 11.7. The first kappa shape index (κ1) is 14.2. The highest BCUT2D eigenvalue weighted by Crippen LogP contribution is 2.14. The second kappa shape index (κ2) is 6.80. The molecule has 0 saturated heterocycles. The summed E-state index contributed by atoms with van der Waals surface area (Å²) in [7, 11) is 0. The van der Waals surface area contributed by atoms with Crippen LogP contribution in [0, 0.1) is 0 Å². The first-order chi connectivity index (χ1) is 8.60. The summed E-state index contributed by atoms with van der Waals surface area (Å²) in [5.74, 6) is -0.177. The summed E-state index contributed by atoms with van der Waals surface area (Å²) < 4.78 is 1.19. The standard InChI is InChI=1S/C11H15ClN4O2/c1-3-5-16-11(18)10(12)8(6-15-16)14-7-9(17)13-4-2/h3,6,14H,1,4-5,7H2,2H3,(H,13,17). The van der Waals surface area contributed by atoms with Crippen molar-refractivity contribution >= 4 is 23.2 Å². The predicted molar refractivity (Wildman–Crippen MR) is 70.9 cm³/mol. The molecule has 1 aromatic rings. The molecule has 1 amide bonds. The number of halogens is 1. The molecule has 1 aromatic heterocycles. The summed E-state index contributed by atoms with van der Waals surface area (Å²) in [6, 6.07) is 0. The lowest BCUT2D eigenvalue weighted by molar-refractivity contribution is -0.119. The molecule has 0 bridgehead atoms. The smallest absolute Gasteiger partial charge is 0.287 e. The van der Waals surface area contributed by atoms with Gasteiger partial charge < -0.3 is 10.6 Å². The fraction of sp³-hybridized carbons (Fsp3) is 0.364. The van der Waals surface area contributed by atoms with E-state index in [0.29, 0.717) is 12.2 Å². The quantitative estimate of drug-likeness (QED) is 0.744. The average Bonchev–Trinajstić information content (AvgIpc) is 2.35. The summed E-state index contributed by atoms with van der Waals surface area (Å²) in [6.45, 7) is 6.22. The van der Waals surface area contributed by atoms with Gasteiger partial charge in [0.25, 0.3) is 5.56 Å². The molecule has 18 heavy (non-hydrogen) atoms. The number of aromatic nitrogens is 2. The van der Waals surface area contributed by atoms with Gasteiger partial charge in [-0.05, 0) is 6.92 Å². The molecule has 0 spiro atoms. The largest absolute Gasteiger partial charge is 0.373 e. The van der Waals surface area contributed by atoms with E-state index in [1.807, 2.05) is 6.92 Å². The molecule has 0 atom stereocenters. The first-order valence-corrected chi connectivity index (χ1v) is 5.85. The number of amides is 1. The Bertz CT molecular complexity index is 498. The fourth-order valence-corrected chi connectivity index (χ4v) is 1.49. The van der Waals surface area contributed by atoms with Gasteiger partial charge in [-0.25, -0.2) is 4.68 Å². The lowest BCUT2D eigenvalue weighted by Crippen LogP contribution is -2.30. The maximum absolute atomic E-state index is 11.7. The van der Waals surface area contributed by atoms with Crippen LogP contribution in [-0.2, 0) is 11.3 Å². The zero-order valence-electron chi connectivity index (χ0n) is 10.1. The topological polar surface area (TPSA) is 76.0 Å². The average molecular weight is 271 g/mol. The van der Waals surface area contributed by atoms with Crippen LogP contribution in [0.15, 0.2) is 23.6 Å². The van der Waals surface area contributed by atoms with Crippen molar-refractivity contribution in [2.24, 2.45) is 0 Å². The number of allylic oxidation sites excluding steroid dienone is 1. The third-order valence-corrected chi connectivity index (χ3v) is 2.47. The van der Waals surface area contributed by atoms with Gasteiger partial charge in [0.2, 0.25) is 5.91 Å². The molecule has 98 valence electrons. The van der Waals surface area contributed by atoms with Crippen molar-refractivity contribution in [2.75, 3.05) is 18.4 Å². The molecule has 0 aliphatic heterocycles. The molecule has 6 nitrogen and oxygen atoms in total. The van der Waals surface area contributed by atoms with Gasteiger partial charge in [0.15, 0.2) is 0 Å². The summed E-state index contributed by atoms with van der Waals surface area (Å²) in [5.41, 5.74) is -0.0781. The van der Waals surface area contributed by atoms with Crippen molar-refractivity contribution in [1.29, 1.82) is 0 Å². The summed E-state index contributed by atoms with van der Waals surface area (Å²) in [5, 5.41) is 9.30. The summed E-state index contributed by atoms with van der Waals surface area (Å²) >= 11 is 5.89. The van der Waals surface area contributed by atoms with Gasteiger partial charge >= 0.3 is 0 Å². The van der Waals surface area contributed by atoms with Crippen molar-refractivity contribution < 1.29 is 4.79 Å². The molecule has 0 unspecified atom stereocenters. The van der Waals surface area contributed by atoms with E-state index in [-0.39, 0.29) is 24.0 Å². The lowest BCUT2D eigenvalue weighted by atomic mass is 10.4. The third kappa shape index (κ3) is 3.59. The van der Waals surface area contributed by atoms with Crippen LogP contribution in [0.4, 0.5) is 5.69 Å². The molecule has 0 radical (unpaired) electrons. The van der Waals surface area contributed by atoms with E-state index in [2.05, 4.69) is 22.3 Å². The van der Waals surface area contributed by atoms with Crippen LogP contribution in [-0.4, -0.2) is 28.8 Å². The number of hydrogen-bond donors (Lipinski definition) is 2. The van der Waals surface area contributed by atoms with Gasteiger partial charge in [0, 0.05) is 6.54 Å². The Balaban J connectivity index is 2.79. The van der Waals surface area contributed by atoms with E-state index in [4.69, 9.17) is 11.6 Å². The predicted octanol–water partition coefficient (Wildman–Crippen LogP) is 0.631. The highest BCUT2D eigenvalue weighted by atomic mass is 35.5. The van der Waals surface area contributed by atoms with Gasteiger partial charge in [-0.1, -0.05) is 17.7 Å². The Kier molecular flexibility index (Phi) is 5.38. The Morgan fingerprint density at radius 3 is 3.00 bits per heavy atom. The molecular weight excluding hydrogens is 256 g/mol. The van der Waals surface area contributed by atoms with Crippen molar-refractivity contribution in [1.82, 2.24) is 15.1 Å². The zero-order chi connectivity index (χ0) is 13.5. The number of nitrogens with one attached hydrogen (secondary N) is 2. The van der Waals surface area contributed by atoms with Crippen LogP contribution < -0.4 is 16.2 Å². The molecule has 0 aromatic carbocycles. The minimum absolute atomic E-state index is 0.0103. The molecule has 0 saturated carbocycles. The number of carbonyl (C=O) groups excluding carboxylic acids is 1. The number of anilines is 1. The van der Waals surface area contributed by atoms with E-state index >= 15 is 0 Å². The molecule has 1 rings (SSSR count). The maximum Gasteiger partial charge on any atom is 0.287 e. The van der Waals surface area contributed by atoms with Crippen LogP contribution >= 0.6 is 11.6 Å². The van der Waals surface area contributed by atoms with Crippen LogP contribution in [0.1, 0.15) is 6.92 Å². The Labute approximate surface area is 110 Å². The van der Waals surface area contributed by atoms with E-state index in [1.54, 1.807) is 6.08 Å². The lowest BCUT2D eigenvalue weighted by Gasteiger charge is -2.09. The van der Waals surface area contributed by atoms with Crippen LogP contribution in [0.5, 0.6) is 0 Å². The SMILES string of the molecule is C=CCn1ncc(NCC(=O)NCC)c(Cl)c1=O. The van der Waals surface area contributed by atoms with Gasteiger partial charge in [0.1, 0.15) is 5.02 Å². The van der Waals surface area contributed by atoms with E-state index in [0.717, 1.165) is 0 Å². The van der Waals surface area contributed by atoms with Crippen LogP contribution in [0.3, 0.4) is 0 Å². The van der Waals surface area contributed by atoms with E-state index < -0.39 is 5.56 Å². The number of hydrogen-bond acceptors (Lipinski definition) is 4. The van der Waals surface area contributed by atoms with Gasteiger partial charge in [-0.15, -0.1) is 6.58 Å². The Hall–Kier alpha value is -1.82. The second-order valence-corrected chi connectivity index (χ2v) is 3.83. The number of rotatable bonds is 6. The van der Waals surface area contributed by atoms with Crippen LogP contribution in [0.2, 0.25) is 5.02 Å². The molecule has 0 aliphatic carbocycles. The zero-order valence-corrected chi connectivity index (χ0v) is 10.8. The van der Waals surface area contributed by atoms with Crippen molar-refractivity contribution in [2.45, 2.75) is 13.5 Å². The van der Waals surface area contributed by atoms with E-state index in [9.17, 15) is 9.59 Å².